The lowest BCUT2D eigenvalue weighted by atomic mass is 10.1. The molecule has 144 valence electrons. The highest BCUT2D eigenvalue weighted by Crippen LogP contribution is 2.32. The van der Waals surface area contributed by atoms with Gasteiger partial charge < -0.3 is 15.5 Å². The fraction of sp³-hybridized carbons (Fsp3) is 0.444. The Bertz CT molecular complexity index is 810. The second kappa shape index (κ2) is 8.96. The molecule has 9 heteroatoms. The van der Waals surface area contributed by atoms with Crippen LogP contribution in [0.15, 0.2) is 24.5 Å². The van der Waals surface area contributed by atoms with Crippen molar-refractivity contribution in [1.82, 2.24) is 14.9 Å². The van der Waals surface area contributed by atoms with Crippen LogP contribution in [-0.4, -0.2) is 46.0 Å². The van der Waals surface area contributed by atoms with Crippen LogP contribution >= 0.6 is 11.6 Å². The number of likely N-dealkylation sites (tertiary alicyclic amines) is 1. The van der Waals surface area contributed by atoms with Crippen molar-refractivity contribution in [1.29, 1.82) is 0 Å². The molecule has 0 amide bonds. The average molecular weight is 391 g/mol. The molecule has 3 rings (SSSR count). The molecule has 1 aliphatic rings. The Morgan fingerprint density at radius 1 is 1.22 bits per heavy atom. The summed E-state index contributed by atoms with van der Waals surface area (Å²) in [4.78, 5) is 21.7. The quantitative estimate of drug-likeness (QED) is 0.545. The predicted molar refractivity (Wildman–Crippen MR) is 107 cm³/mol. The Morgan fingerprint density at radius 3 is 2.70 bits per heavy atom. The predicted octanol–water partition coefficient (Wildman–Crippen LogP) is 3.99. The molecule has 0 bridgehead atoms. The summed E-state index contributed by atoms with van der Waals surface area (Å²) >= 11 is 6.04. The van der Waals surface area contributed by atoms with E-state index in [0.717, 1.165) is 25.2 Å². The van der Waals surface area contributed by atoms with Gasteiger partial charge in [-0.1, -0.05) is 24.1 Å². The van der Waals surface area contributed by atoms with E-state index in [4.69, 9.17) is 11.6 Å². The molecule has 1 aliphatic heterocycles. The average Bonchev–Trinajstić information content (AvgIpc) is 2.65. The standard InChI is InChI=1S/C18H23ClN6O2/c1-13-5-6-14(19)11-15(13)23-18-16(25(26)27)17(21-12-22-18)20-7-10-24-8-3-2-4-9-24/h5-6,11-12H,2-4,7-10H2,1H3,(H2,20,21,22,23). The minimum absolute atomic E-state index is 0.140. The molecule has 1 fully saturated rings. The number of nitrogens with one attached hydrogen (secondary N) is 2. The van der Waals surface area contributed by atoms with Gasteiger partial charge >= 0.3 is 5.69 Å². The van der Waals surface area contributed by atoms with Crippen LogP contribution in [0.2, 0.25) is 5.02 Å². The summed E-state index contributed by atoms with van der Waals surface area (Å²) in [7, 11) is 0. The SMILES string of the molecule is Cc1ccc(Cl)cc1Nc1ncnc(NCCN2CCCCC2)c1[N+](=O)[O-]. The minimum atomic E-state index is -0.467. The highest BCUT2D eigenvalue weighted by atomic mass is 35.5. The Kier molecular flexibility index (Phi) is 6.41. The van der Waals surface area contributed by atoms with Crippen LogP contribution in [-0.2, 0) is 0 Å². The monoisotopic (exact) mass is 390 g/mol. The van der Waals surface area contributed by atoms with Crippen molar-refractivity contribution in [3.05, 3.63) is 45.2 Å². The number of anilines is 3. The Labute approximate surface area is 163 Å². The van der Waals surface area contributed by atoms with Gasteiger partial charge in [0.2, 0.25) is 11.6 Å². The lowest BCUT2D eigenvalue weighted by molar-refractivity contribution is -0.383. The zero-order chi connectivity index (χ0) is 19.2. The Balaban J connectivity index is 1.75. The van der Waals surface area contributed by atoms with Gasteiger partial charge in [0.05, 0.1) is 4.92 Å². The number of nitro groups is 1. The topological polar surface area (TPSA) is 96.2 Å². The smallest absolute Gasteiger partial charge is 0.353 e. The third kappa shape index (κ3) is 5.05. The number of hydrogen-bond acceptors (Lipinski definition) is 7. The number of benzene rings is 1. The fourth-order valence-electron chi connectivity index (χ4n) is 3.14. The van der Waals surface area contributed by atoms with Crippen LogP contribution in [0.1, 0.15) is 24.8 Å². The van der Waals surface area contributed by atoms with Gasteiger partial charge in [-0.15, -0.1) is 0 Å². The molecular formula is C18H23ClN6O2. The van der Waals surface area contributed by atoms with Crippen molar-refractivity contribution in [2.45, 2.75) is 26.2 Å². The van der Waals surface area contributed by atoms with Crippen LogP contribution in [0.5, 0.6) is 0 Å². The van der Waals surface area contributed by atoms with E-state index in [0.29, 0.717) is 17.3 Å². The first kappa shape index (κ1) is 19.3. The van der Waals surface area contributed by atoms with E-state index in [1.54, 1.807) is 12.1 Å². The zero-order valence-corrected chi connectivity index (χ0v) is 16.0. The molecule has 0 radical (unpaired) electrons. The Hall–Kier alpha value is -2.45. The van der Waals surface area contributed by atoms with Crippen molar-refractivity contribution in [3.63, 3.8) is 0 Å². The van der Waals surface area contributed by atoms with Gasteiger partial charge in [-0.2, -0.15) is 0 Å². The highest BCUT2D eigenvalue weighted by molar-refractivity contribution is 6.30. The number of hydrogen-bond donors (Lipinski definition) is 2. The minimum Gasteiger partial charge on any atom is -0.363 e. The molecule has 0 aliphatic carbocycles. The van der Waals surface area contributed by atoms with Crippen molar-refractivity contribution in [2.24, 2.45) is 0 Å². The summed E-state index contributed by atoms with van der Waals surface area (Å²) in [5.74, 6) is 0.357. The van der Waals surface area contributed by atoms with Gasteiger partial charge in [0.1, 0.15) is 6.33 Å². The third-order valence-electron chi connectivity index (χ3n) is 4.63. The second-order valence-corrected chi connectivity index (χ2v) is 7.03. The number of nitrogens with zero attached hydrogens (tertiary/aromatic N) is 4. The third-order valence-corrected chi connectivity index (χ3v) is 4.86. The van der Waals surface area contributed by atoms with Gasteiger partial charge in [-0.05, 0) is 50.6 Å². The molecule has 27 heavy (non-hydrogen) atoms. The highest BCUT2D eigenvalue weighted by Gasteiger charge is 2.23. The number of rotatable bonds is 7. The number of piperidine rings is 1. The molecule has 2 aromatic rings. The Morgan fingerprint density at radius 2 is 1.96 bits per heavy atom. The largest absolute Gasteiger partial charge is 0.363 e. The molecule has 2 heterocycles. The van der Waals surface area contributed by atoms with Gasteiger partial charge in [0.15, 0.2) is 0 Å². The van der Waals surface area contributed by atoms with Gasteiger partial charge in [-0.25, -0.2) is 9.97 Å². The normalized spacial score (nSPS) is 14.7. The summed E-state index contributed by atoms with van der Waals surface area (Å²) in [6.07, 6.45) is 5.01. The molecule has 0 atom stereocenters. The number of aryl methyl sites for hydroxylation is 1. The lowest BCUT2D eigenvalue weighted by Crippen LogP contribution is -2.33. The number of aromatic nitrogens is 2. The van der Waals surface area contributed by atoms with Crippen molar-refractivity contribution in [3.8, 4) is 0 Å². The summed E-state index contributed by atoms with van der Waals surface area (Å²) < 4.78 is 0. The fourth-order valence-corrected chi connectivity index (χ4v) is 3.32. The van der Waals surface area contributed by atoms with Gasteiger partial charge in [0, 0.05) is 23.8 Å². The van der Waals surface area contributed by atoms with Crippen molar-refractivity contribution in [2.75, 3.05) is 36.8 Å². The first-order chi connectivity index (χ1) is 13.0. The molecular weight excluding hydrogens is 368 g/mol. The van der Waals surface area contributed by atoms with Crippen molar-refractivity contribution >= 4 is 34.6 Å². The van der Waals surface area contributed by atoms with E-state index in [9.17, 15) is 10.1 Å². The summed E-state index contributed by atoms with van der Waals surface area (Å²) in [6.45, 7) is 5.47. The molecule has 1 saturated heterocycles. The summed E-state index contributed by atoms with van der Waals surface area (Å²) in [5.41, 5.74) is 1.41. The van der Waals surface area contributed by atoms with E-state index in [1.807, 2.05) is 13.0 Å². The second-order valence-electron chi connectivity index (χ2n) is 6.59. The van der Waals surface area contributed by atoms with E-state index in [-0.39, 0.29) is 17.3 Å². The molecule has 0 saturated carbocycles. The maximum absolute atomic E-state index is 11.7. The van der Waals surface area contributed by atoms with Crippen LogP contribution in [0.4, 0.5) is 23.0 Å². The van der Waals surface area contributed by atoms with Crippen LogP contribution in [0.3, 0.4) is 0 Å². The number of halogens is 1. The first-order valence-corrected chi connectivity index (χ1v) is 9.41. The summed E-state index contributed by atoms with van der Waals surface area (Å²) in [6, 6.07) is 5.33. The van der Waals surface area contributed by atoms with Crippen molar-refractivity contribution < 1.29 is 4.92 Å². The molecule has 0 spiro atoms. The van der Waals surface area contributed by atoms with E-state index in [2.05, 4.69) is 25.5 Å². The molecule has 2 N–H and O–H groups in total. The van der Waals surface area contributed by atoms with Crippen LogP contribution in [0, 0.1) is 17.0 Å². The van der Waals surface area contributed by atoms with Crippen LogP contribution < -0.4 is 10.6 Å². The molecule has 1 aromatic heterocycles. The molecule has 8 nitrogen and oxygen atoms in total. The van der Waals surface area contributed by atoms with Gasteiger partial charge in [-0.3, -0.25) is 10.1 Å². The lowest BCUT2D eigenvalue weighted by Gasteiger charge is -2.26. The zero-order valence-electron chi connectivity index (χ0n) is 15.2. The van der Waals surface area contributed by atoms with E-state index >= 15 is 0 Å². The summed E-state index contributed by atoms with van der Waals surface area (Å²) in [5, 5.41) is 18.3. The van der Waals surface area contributed by atoms with E-state index in [1.165, 1.54) is 25.6 Å². The van der Waals surface area contributed by atoms with Gasteiger partial charge in [0.25, 0.3) is 0 Å². The molecule has 0 unspecified atom stereocenters. The first-order valence-electron chi connectivity index (χ1n) is 9.03. The molecule has 1 aromatic carbocycles. The van der Waals surface area contributed by atoms with Crippen LogP contribution in [0.25, 0.3) is 0 Å². The van der Waals surface area contributed by atoms with E-state index < -0.39 is 4.92 Å². The maximum Gasteiger partial charge on any atom is 0.353 e. The maximum atomic E-state index is 11.7.